The van der Waals surface area contributed by atoms with Gasteiger partial charge in [-0.05, 0) is 60.4 Å². The lowest BCUT2D eigenvalue weighted by molar-refractivity contribution is 0.625. The van der Waals surface area contributed by atoms with Gasteiger partial charge in [0.1, 0.15) is 25.0 Å². The van der Waals surface area contributed by atoms with Crippen LogP contribution in [-0.4, -0.2) is 13.3 Å². The first-order valence-electron chi connectivity index (χ1n) is 11.7. The number of hydrogen-bond acceptors (Lipinski definition) is 6. The summed E-state index contributed by atoms with van der Waals surface area (Å²) < 4.78 is 30.9. The summed E-state index contributed by atoms with van der Waals surface area (Å²) in [6.45, 7) is 4.71. The van der Waals surface area contributed by atoms with E-state index in [9.17, 15) is 0 Å². The van der Waals surface area contributed by atoms with Crippen molar-refractivity contribution in [1.82, 2.24) is 0 Å². The number of benzene rings is 2. The Balaban J connectivity index is 1.47. The van der Waals surface area contributed by atoms with Gasteiger partial charge in [-0.3, -0.25) is 20.0 Å². The maximum atomic E-state index is 15.5. The predicted octanol–water partition coefficient (Wildman–Crippen LogP) is 4.56. The number of aryl methyl sites for hydroxylation is 2. The van der Waals surface area contributed by atoms with E-state index in [1.54, 1.807) is 22.7 Å². The molecule has 2 aromatic carbocycles. The van der Waals surface area contributed by atoms with Crippen molar-refractivity contribution >= 4 is 22.7 Å². The summed E-state index contributed by atoms with van der Waals surface area (Å²) in [5.74, 6) is -0.657. The van der Waals surface area contributed by atoms with Crippen LogP contribution in [0.4, 0.5) is 8.78 Å². The molecular weight excluding hydrogens is 482 g/mol. The van der Waals surface area contributed by atoms with Gasteiger partial charge in [-0.25, -0.2) is 8.78 Å². The van der Waals surface area contributed by atoms with Crippen molar-refractivity contribution in [2.75, 3.05) is 13.3 Å². The molecule has 176 valence electrons. The zero-order valence-electron chi connectivity index (χ0n) is 19.4. The molecule has 2 aliphatic heterocycles. The second-order valence-corrected chi connectivity index (χ2v) is 10.8. The zero-order valence-corrected chi connectivity index (χ0v) is 21.0. The topological polar surface area (TPSA) is 49.4 Å². The molecule has 0 unspecified atom stereocenters. The Labute approximate surface area is 208 Å². The monoisotopic (exact) mass is 504 g/mol. The molecule has 0 radical (unpaired) electrons. The van der Waals surface area contributed by atoms with Crippen molar-refractivity contribution in [1.29, 1.82) is 0 Å². The molecular formula is C27H22F2N4S2. The summed E-state index contributed by atoms with van der Waals surface area (Å²) in [5, 5.41) is 2.55. The highest BCUT2D eigenvalue weighted by atomic mass is 32.1. The van der Waals surface area contributed by atoms with Crippen LogP contribution in [0.2, 0.25) is 0 Å². The molecule has 0 saturated carbocycles. The Morgan fingerprint density at radius 2 is 1.09 bits per heavy atom. The van der Waals surface area contributed by atoms with Crippen molar-refractivity contribution in [3.8, 4) is 20.9 Å². The van der Waals surface area contributed by atoms with Crippen LogP contribution in [0.1, 0.15) is 34.7 Å². The molecule has 0 N–H and O–H groups in total. The van der Waals surface area contributed by atoms with Gasteiger partial charge >= 0.3 is 0 Å². The van der Waals surface area contributed by atoms with Crippen molar-refractivity contribution in [3.05, 3.63) is 90.3 Å². The third kappa shape index (κ3) is 3.76. The molecule has 0 fully saturated rings. The molecule has 0 amide bonds. The fraction of sp³-hybridized carbons (Fsp3) is 0.259. The van der Waals surface area contributed by atoms with E-state index in [1.165, 1.54) is 21.9 Å². The van der Waals surface area contributed by atoms with E-state index in [2.05, 4.69) is 33.8 Å². The second kappa shape index (κ2) is 8.84. The molecule has 2 aliphatic rings. The van der Waals surface area contributed by atoms with Crippen LogP contribution in [0.3, 0.4) is 0 Å². The lowest BCUT2D eigenvalue weighted by Crippen LogP contribution is -2.33. The molecule has 4 aromatic rings. The van der Waals surface area contributed by atoms with E-state index in [0.29, 0.717) is 50.1 Å². The summed E-state index contributed by atoms with van der Waals surface area (Å²) in [5.41, 5.74) is 2.39. The summed E-state index contributed by atoms with van der Waals surface area (Å²) in [7, 11) is 0. The van der Waals surface area contributed by atoms with E-state index in [-0.39, 0.29) is 25.0 Å². The van der Waals surface area contributed by atoms with Gasteiger partial charge in [-0.15, -0.1) is 22.7 Å². The number of thiophene rings is 2. The number of nitrogens with zero attached hydrogens (tertiary/aromatic N) is 4. The average Bonchev–Trinajstić information content (AvgIpc) is 3.65. The van der Waals surface area contributed by atoms with Crippen molar-refractivity contribution < 1.29 is 8.78 Å². The smallest absolute Gasteiger partial charge is 0.134 e. The molecule has 0 saturated heterocycles. The van der Waals surface area contributed by atoms with Gasteiger partial charge in [0.25, 0.3) is 0 Å². The van der Waals surface area contributed by atoms with Crippen LogP contribution in [0.25, 0.3) is 20.9 Å². The summed E-state index contributed by atoms with van der Waals surface area (Å²) in [6, 6.07) is 11.0. The molecule has 4 nitrogen and oxygen atoms in total. The molecule has 35 heavy (non-hydrogen) atoms. The van der Waals surface area contributed by atoms with Gasteiger partial charge < -0.3 is 0 Å². The highest BCUT2D eigenvalue weighted by molar-refractivity contribution is 7.15. The quantitative estimate of drug-likeness (QED) is 0.370. The fourth-order valence-corrected chi connectivity index (χ4v) is 6.71. The Kier molecular flexibility index (Phi) is 5.65. The Hall–Kier alpha value is -3.10. The van der Waals surface area contributed by atoms with E-state index >= 15 is 8.78 Å². The normalized spacial score (nSPS) is 13.6. The largest absolute Gasteiger partial charge is 0.259 e. The van der Waals surface area contributed by atoms with E-state index in [1.807, 2.05) is 24.3 Å². The van der Waals surface area contributed by atoms with Gasteiger partial charge in [0.15, 0.2) is 0 Å². The molecule has 0 aliphatic carbocycles. The fourth-order valence-electron chi connectivity index (χ4n) is 4.72. The van der Waals surface area contributed by atoms with Crippen LogP contribution in [0.5, 0.6) is 0 Å². The Bertz CT molecular complexity index is 1610. The minimum Gasteiger partial charge on any atom is -0.259 e. The summed E-state index contributed by atoms with van der Waals surface area (Å²) in [4.78, 5) is 22.3. The minimum atomic E-state index is -0.329. The Morgan fingerprint density at radius 3 is 1.49 bits per heavy atom. The molecule has 8 heteroatoms. The van der Waals surface area contributed by atoms with Crippen LogP contribution in [-0.2, 0) is 19.3 Å². The maximum Gasteiger partial charge on any atom is 0.134 e. The first-order valence-corrected chi connectivity index (χ1v) is 13.3. The third-order valence-electron chi connectivity index (χ3n) is 6.42. The van der Waals surface area contributed by atoms with E-state index in [0.717, 1.165) is 22.6 Å². The van der Waals surface area contributed by atoms with Crippen molar-refractivity contribution in [2.45, 2.75) is 33.1 Å². The van der Waals surface area contributed by atoms with Crippen LogP contribution < -0.4 is 21.4 Å². The first kappa shape index (κ1) is 22.4. The highest BCUT2D eigenvalue weighted by Crippen LogP contribution is 2.30. The van der Waals surface area contributed by atoms with Gasteiger partial charge in [-0.2, -0.15) is 0 Å². The van der Waals surface area contributed by atoms with Gasteiger partial charge in [0.05, 0.1) is 32.6 Å². The van der Waals surface area contributed by atoms with Crippen LogP contribution >= 0.6 is 22.7 Å². The van der Waals surface area contributed by atoms with E-state index in [4.69, 9.17) is 0 Å². The summed E-state index contributed by atoms with van der Waals surface area (Å²) >= 11 is 3.16. The van der Waals surface area contributed by atoms with E-state index < -0.39 is 0 Å². The minimum absolute atomic E-state index is 0.272. The molecule has 0 bridgehead atoms. The average molecular weight is 505 g/mol. The standard InChI is InChI=1S/C27H22F2N4S2/c1-3-16-5-7-20(34-16)22-18(28)10-14(24-26(22)32-12-30-24)9-15-11-19(29)23(27-25(15)31-13-33-27)21-8-6-17(4-2)35-21/h5-8,10-11H,3-4,9,12-13H2,1-2H3. The van der Waals surface area contributed by atoms with Crippen LogP contribution in [0, 0.1) is 11.6 Å². The first-order chi connectivity index (χ1) is 17.1. The predicted molar refractivity (Wildman–Crippen MR) is 135 cm³/mol. The summed E-state index contributed by atoms with van der Waals surface area (Å²) in [6.07, 6.45) is 2.12. The molecule has 6 rings (SSSR count). The Morgan fingerprint density at radius 1 is 0.657 bits per heavy atom. The number of rotatable bonds is 6. The lowest BCUT2D eigenvalue weighted by atomic mass is 9.98. The van der Waals surface area contributed by atoms with Crippen LogP contribution in [0.15, 0.2) is 56.4 Å². The number of hydrogen-bond donors (Lipinski definition) is 0. The van der Waals surface area contributed by atoms with Gasteiger partial charge in [0.2, 0.25) is 0 Å². The number of fused-ring (bicyclic) bond motifs is 2. The highest BCUT2D eigenvalue weighted by Gasteiger charge is 2.21. The number of halogens is 2. The lowest BCUT2D eigenvalue weighted by Gasteiger charge is -2.09. The second-order valence-electron chi connectivity index (χ2n) is 8.51. The molecule has 2 aromatic heterocycles. The molecule has 0 spiro atoms. The SMILES string of the molecule is CCc1ccc(-c2c(F)cc(Cc3cc(F)c(-c4ccc(CC)s4)c4c3=NCN=4)c3c2=NCN=3)s1. The molecule has 4 heterocycles. The van der Waals surface area contributed by atoms with Crippen molar-refractivity contribution in [2.24, 2.45) is 20.0 Å². The maximum absolute atomic E-state index is 15.5. The van der Waals surface area contributed by atoms with Crippen molar-refractivity contribution in [3.63, 3.8) is 0 Å². The zero-order chi connectivity index (χ0) is 24.1. The van der Waals surface area contributed by atoms with Gasteiger partial charge in [-0.1, -0.05) is 13.8 Å². The molecule has 0 atom stereocenters. The third-order valence-corrected chi connectivity index (χ3v) is 8.91. The van der Waals surface area contributed by atoms with Gasteiger partial charge in [0, 0.05) is 25.9 Å².